The monoisotopic (exact) mass is 593 g/mol. The molecule has 0 radical (unpaired) electrons. The summed E-state index contributed by atoms with van der Waals surface area (Å²) in [6.45, 7) is -0.917. The van der Waals surface area contributed by atoms with Gasteiger partial charge in [0.2, 0.25) is 11.8 Å². The molecule has 1 atom stereocenters. The number of nitrogens with one attached hydrogen (secondary N) is 1. The second-order valence-electron chi connectivity index (χ2n) is 9.24. The molecule has 0 aromatic heterocycles. The maximum atomic E-state index is 14.8. The second-order valence-corrected chi connectivity index (χ2v) is 11.5. The molecule has 0 saturated heterocycles. The lowest BCUT2D eigenvalue weighted by atomic mass is 10.0. The molecule has 10 heteroatoms. The molecule has 0 aliphatic heterocycles. The van der Waals surface area contributed by atoms with Crippen LogP contribution in [0.3, 0.4) is 0 Å². The smallest absolute Gasteiger partial charge is 0.264 e. The van der Waals surface area contributed by atoms with Gasteiger partial charge in [0, 0.05) is 30.6 Å². The largest absolute Gasteiger partial charge is 0.357 e. The number of benzene rings is 4. The molecule has 0 spiro atoms. The Morgan fingerprint density at radius 3 is 2.15 bits per heavy atom. The zero-order valence-electron chi connectivity index (χ0n) is 22.3. The van der Waals surface area contributed by atoms with Crippen molar-refractivity contribution >= 4 is 39.1 Å². The first-order valence-corrected chi connectivity index (χ1v) is 14.6. The van der Waals surface area contributed by atoms with Gasteiger partial charge in [0.05, 0.1) is 10.6 Å². The molecule has 0 bridgehead atoms. The Bertz CT molecular complexity index is 1600. The number of nitrogens with zero attached hydrogens (tertiary/aromatic N) is 2. The Kier molecular flexibility index (Phi) is 9.75. The number of rotatable bonds is 11. The van der Waals surface area contributed by atoms with Crippen molar-refractivity contribution in [1.82, 2.24) is 10.2 Å². The lowest BCUT2D eigenvalue weighted by Crippen LogP contribution is -2.53. The molecule has 4 aromatic rings. The van der Waals surface area contributed by atoms with Gasteiger partial charge in [-0.3, -0.25) is 13.9 Å². The molecular weight excluding hydrogens is 565 g/mol. The lowest BCUT2D eigenvalue weighted by Gasteiger charge is -2.33. The molecule has 1 N–H and O–H groups in total. The van der Waals surface area contributed by atoms with E-state index in [1.54, 1.807) is 36.4 Å². The Morgan fingerprint density at radius 1 is 0.878 bits per heavy atom. The fourth-order valence-electron chi connectivity index (χ4n) is 4.41. The van der Waals surface area contributed by atoms with Gasteiger partial charge < -0.3 is 10.2 Å². The number of carbonyl (C=O) groups is 2. The number of amides is 2. The molecule has 0 fully saturated rings. The predicted octanol–water partition coefficient (Wildman–Crippen LogP) is 5.06. The minimum atomic E-state index is -4.24. The van der Waals surface area contributed by atoms with E-state index in [1.165, 1.54) is 54.4 Å². The molecule has 0 aliphatic carbocycles. The van der Waals surface area contributed by atoms with Crippen LogP contribution in [-0.4, -0.2) is 44.8 Å². The Balaban J connectivity index is 1.79. The summed E-state index contributed by atoms with van der Waals surface area (Å²) in [5, 5.41) is 2.87. The predicted molar refractivity (Wildman–Crippen MR) is 157 cm³/mol. The number of likely N-dealkylation sites (N-methyl/N-ethyl adjacent to an activating group) is 1. The maximum absolute atomic E-state index is 14.8. The number of halogens is 2. The molecule has 0 aliphatic rings. The van der Waals surface area contributed by atoms with Gasteiger partial charge in [-0.25, -0.2) is 12.8 Å². The van der Waals surface area contributed by atoms with Crippen LogP contribution in [0, 0.1) is 5.82 Å². The zero-order valence-corrected chi connectivity index (χ0v) is 23.9. The fourth-order valence-corrected chi connectivity index (χ4v) is 6.02. The molecule has 212 valence electrons. The standard InChI is InChI=1S/C31H29ClFN3O4S/c1-34-31(38)29(19-23-11-4-2-5-12-23)35(21-24-13-8-9-18-28(24)33)30(37)22-36(26-15-10-14-25(32)20-26)41(39,40)27-16-6-3-7-17-27/h2-18,20,29H,19,21-22H2,1H3,(H,34,38)/t29-/m1/s1. The first-order valence-electron chi connectivity index (χ1n) is 12.8. The number of sulfonamides is 1. The van der Waals surface area contributed by atoms with Gasteiger partial charge in [-0.1, -0.05) is 84.4 Å². The SMILES string of the molecule is CNC(=O)[C@@H](Cc1ccccc1)N(Cc1ccccc1F)C(=O)CN(c1cccc(Cl)c1)S(=O)(=O)c1ccccc1. The van der Waals surface area contributed by atoms with Crippen LogP contribution in [0.15, 0.2) is 114 Å². The third-order valence-corrected chi connectivity index (χ3v) is 8.55. The summed E-state index contributed by atoms with van der Waals surface area (Å²) in [7, 11) is -2.79. The number of hydrogen-bond donors (Lipinski definition) is 1. The summed E-state index contributed by atoms with van der Waals surface area (Å²) in [6.07, 6.45) is 0.128. The van der Waals surface area contributed by atoms with E-state index in [1.807, 2.05) is 30.3 Å². The van der Waals surface area contributed by atoms with Crippen LogP contribution in [0.25, 0.3) is 0 Å². The topological polar surface area (TPSA) is 86.8 Å². The Morgan fingerprint density at radius 2 is 1.51 bits per heavy atom. The average Bonchev–Trinajstić information content (AvgIpc) is 2.99. The minimum Gasteiger partial charge on any atom is -0.357 e. The Hall–Kier alpha value is -4.21. The first kappa shape index (κ1) is 29.8. The van der Waals surface area contributed by atoms with E-state index < -0.39 is 40.2 Å². The van der Waals surface area contributed by atoms with Crippen molar-refractivity contribution in [3.8, 4) is 0 Å². The zero-order chi connectivity index (χ0) is 29.4. The molecule has 0 heterocycles. The molecular formula is C31H29ClFN3O4S. The van der Waals surface area contributed by atoms with E-state index in [9.17, 15) is 22.4 Å². The quantitative estimate of drug-likeness (QED) is 0.263. The van der Waals surface area contributed by atoms with Gasteiger partial charge in [-0.05, 0) is 42.0 Å². The van der Waals surface area contributed by atoms with Crippen molar-refractivity contribution in [3.63, 3.8) is 0 Å². The molecule has 2 amide bonds. The third kappa shape index (κ3) is 7.31. The second kappa shape index (κ2) is 13.4. The summed E-state index contributed by atoms with van der Waals surface area (Å²) >= 11 is 6.20. The van der Waals surface area contributed by atoms with E-state index in [0.29, 0.717) is 0 Å². The van der Waals surface area contributed by atoms with Crippen molar-refractivity contribution in [1.29, 1.82) is 0 Å². The number of carbonyl (C=O) groups excluding carboxylic acids is 2. The summed E-state index contributed by atoms with van der Waals surface area (Å²) in [5.74, 6) is -1.72. The van der Waals surface area contributed by atoms with Crippen LogP contribution in [0.2, 0.25) is 5.02 Å². The molecule has 4 aromatic carbocycles. The van der Waals surface area contributed by atoms with Crippen LogP contribution in [0.1, 0.15) is 11.1 Å². The summed E-state index contributed by atoms with van der Waals surface area (Å²) < 4.78 is 43.4. The van der Waals surface area contributed by atoms with Crippen LogP contribution < -0.4 is 9.62 Å². The van der Waals surface area contributed by atoms with Gasteiger partial charge >= 0.3 is 0 Å². The van der Waals surface area contributed by atoms with Crippen molar-refractivity contribution < 1.29 is 22.4 Å². The third-order valence-electron chi connectivity index (χ3n) is 6.52. The summed E-state index contributed by atoms with van der Waals surface area (Å²) in [5.41, 5.74) is 1.12. The van der Waals surface area contributed by atoms with Gasteiger partial charge in [0.25, 0.3) is 10.0 Å². The van der Waals surface area contributed by atoms with Gasteiger partial charge in [0.1, 0.15) is 18.4 Å². The molecule has 7 nitrogen and oxygen atoms in total. The first-order chi connectivity index (χ1) is 19.7. The van der Waals surface area contributed by atoms with Crippen LogP contribution in [0.4, 0.5) is 10.1 Å². The van der Waals surface area contributed by atoms with Crippen molar-refractivity contribution in [3.05, 3.63) is 131 Å². The summed E-state index contributed by atoms with van der Waals surface area (Å²) in [6, 6.07) is 27.8. The van der Waals surface area contributed by atoms with Crippen LogP contribution in [0.5, 0.6) is 0 Å². The lowest BCUT2D eigenvalue weighted by molar-refractivity contribution is -0.139. The van der Waals surface area contributed by atoms with E-state index >= 15 is 0 Å². The van der Waals surface area contributed by atoms with Gasteiger partial charge in [-0.15, -0.1) is 0 Å². The fraction of sp³-hybridized carbons (Fsp3) is 0.161. The van der Waals surface area contributed by atoms with Crippen molar-refractivity contribution in [2.24, 2.45) is 0 Å². The van der Waals surface area contributed by atoms with E-state index in [0.717, 1.165) is 9.87 Å². The highest BCUT2D eigenvalue weighted by Crippen LogP contribution is 2.27. The Labute approximate surface area is 244 Å². The van der Waals surface area contributed by atoms with Crippen molar-refractivity contribution in [2.75, 3.05) is 17.9 Å². The van der Waals surface area contributed by atoms with Crippen LogP contribution >= 0.6 is 11.6 Å². The maximum Gasteiger partial charge on any atom is 0.264 e. The molecule has 41 heavy (non-hydrogen) atoms. The van der Waals surface area contributed by atoms with Gasteiger partial charge in [0.15, 0.2) is 0 Å². The highest BCUT2D eigenvalue weighted by Gasteiger charge is 2.34. The molecule has 4 rings (SSSR count). The average molecular weight is 594 g/mol. The van der Waals surface area contributed by atoms with E-state index in [4.69, 9.17) is 11.6 Å². The highest BCUT2D eigenvalue weighted by molar-refractivity contribution is 7.92. The molecule has 0 saturated carbocycles. The van der Waals surface area contributed by atoms with Gasteiger partial charge in [-0.2, -0.15) is 0 Å². The summed E-state index contributed by atoms with van der Waals surface area (Å²) in [4.78, 5) is 28.5. The number of hydrogen-bond acceptors (Lipinski definition) is 4. The van der Waals surface area contributed by atoms with Crippen LogP contribution in [-0.2, 0) is 32.6 Å². The number of anilines is 1. The van der Waals surface area contributed by atoms with E-state index in [2.05, 4.69) is 5.32 Å². The van der Waals surface area contributed by atoms with Crippen molar-refractivity contribution in [2.45, 2.75) is 23.9 Å². The van der Waals surface area contributed by atoms with E-state index in [-0.39, 0.29) is 34.1 Å². The normalized spacial score (nSPS) is 11.9. The highest BCUT2D eigenvalue weighted by atomic mass is 35.5. The minimum absolute atomic E-state index is 0.0273. The molecule has 0 unspecified atom stereocenters.